The number of carbonyl (C=O) groups is 1. The Labute approximate surface area is 223 Å². The van der Waals surface area contributed by atoms with Crippen molar-refractivity contribution in [1.29, 1.82) is 0 Å². The van der Waals surface area contributed by atoms with Gasteiger partial charge in [-0.1, -0.05) is 72.8 Å². The monoisotopic (exact) mass is 515 g/mol. The van der Waals surface area contributed by atoms with E-state index < -0.39 is 36.6 Å². The number of hydrogen-bond donors (Lipinski definition) is 3. The Morgan fingerprint density at radius 3 is 1.97 bits per heavy atom. The minimum Gasteiger partial charge on any atom is -0.449 e. The summed E-state index contributed by atoms with van der Waals surface area (Å²) in [6, 6.07) is 23.3. The normalized spacial score (nSPS) is 18.9. The zero-order valence-electron chi connectivity index (χ0n) is 22.2. The first kappa shape index (κ1) is 26.4. The van der Waals surface area contributed by atoms with Crippen LogP contribution in [0.1, 0.15) is 56.4 Å². The lowest BCUT2D eigenvalue weighted by atomic mass is 9.78. The number of alkyl carbamates (subject to hydrolysis) is 1. The molecule has 1 saturated heterocycles. The van der Waals surface area contributed by atoms with E-state index in [0.717, 1.165) is 27.7 Å². The van der Waals surface area contributed by atoms with Crippen LogP contribution in [0.15, 0.2) is 72.8 Å². The average Bonchev–Trinajstić information content (AvgIpc) is 3.34. The summed E-state index contributed by atoms with van der Waals surface area (Å²) < 4.78 is 17.6. The highest BCUT2D eigenvalue weighted by Gasteiger charge is 2.51. The molecule has 0 bridgehead atoms. The molecule has 5 rings (SSSR count). The molecule has 2 atom stereocenters. The second kappa shape index (κ2) is 10.2. The largest absolute Gasteiger partial charge is 0.494 e. The van der Waals surface area contributed by atoms with Crippen LogP contribution in [0.3, 0.4) is 0 Å². The van der Waals surface area contributed by atoms with Crippen LogP contribution >= 0.6 is 0 Å². The highest BCUT2D eigenvalue weighted by Crippen LogP contribution is 2.44. The molecule has 3 aromatic carbocycles. The first-order valence-corrected chi connectivity index (χ1v) is 13.0. The van der Waals surface area contributed by atoms with Crippen molar-refractivity contribution in [2.75, 3.05) is 13.2 Å². The summed E-state index contributed by atoms with van der Waals surface area (Å²) in [6.07, 6.45) is -3.04. The Bertz CT molecular complexity index is 1250. The van der Waals surface area contributed by atoms with Crippen LogP contribution in [0.5, 0.6) is 0 Å². The van der Waals surface area contributed by atoms with Crippen LogP contribution in [0, 0.1) is 0 Å². The van der Waals surface area contributed by atoms with Crippen molar-refractivity contribution in [2.24, 2.45) is 0 Å². The van der Waals surface area contributed by atoms with Crippen LogP contribution in [-0.2, 0) is 14.0 Å². The van der Waals surface area contributed by atoms with Crippen molar-refractivity contribution < 1.29 is 29.1 Å². The molecule has 3 aromatic rings. The summed E-state index contributed by atoms with van der Waals surface area (Å²) in [4.78, 5) is 12.4. The van der Waals surface area contributed by atoms with Crippen molar-refractivity contribution in [1.82, 2.24) is 5.32 Å². The van der Waals surface area contributed by atoms with E-state index in [0.29, 0.717) is 5.56 Å². The molecule has 0 spiro atoms. The standard InChI is InChI=1S/C30H34BNO6/c1-29(2)30(3,4)38-31(37-29)20-15-13-19(14-16-20)27(34)26(33)17-32-28(35)36-18-25-23-11-7-5-9-21(23)22-10-6-8-12-24(22)25/h5-16,25-27,33-34H,17-18H2,1-4H3,(H,32,35). The van der Waals surface area contributed by atoms with Gasteiger partial charge >= 0.3 is 13.2 Å². The summed E-state index contributed by atoms with van der Waals surface area (Å²) in [7, 11) is -0.508. The van der Waals surface area contributed by atoms with Crippen LogP contribution in [0.25, 0.3) is 11.1 Å². The number of benzene rings is 3. The number of carbonyl (C=O) groups excluding carboxylic acids is 1. The molecule has 38 heavy (non-hydrogen) atoms. The molecular formula is C30H34BNO6. The third kappa shape index (κ3) is 4.97. The minimum atomic E-state index is -1.21. The number of aliphatic hydroxyl groups excluding tert-OH is 2. The van der Waals surface area contributed by atoms with Crippen LogP contribution in [0.4, 0.5) is 4.79 Å². The number of ether oxygens (including phenoxy) is 1. The maximum absolute atomic E-state index is 12.4. The molecule has 1 fully saturated rings. The third-order valence-electron chi connectivity index (χ3n) is 7.97. The summed E-state index contributed by atoms with van der Waals surface area (Å²) in [5, 5.41) is 23.7. The molecule has 198 valence electrons. The van der Waals surface area contributed by atoms with Gasteiger partial charge in [-0.15, -0.1) is 0 Å². The highest BCUT2D eigenvalue weighted by atomic mass is 16.7. The van der Waals surface area contributed by atoms with Gasteiger partial charge < -0.3 is 29.6 Å². The molecular weight excluding hydrogens is 481 g/mol. The summed E-state index contributed by atoms with van der Waals surface area (Å²) >= 11 is 0. The van der Waals surface area contributed by atoms with E-state index in [-0.39, 0.29) is 19.1 Å². The van der Waals surface area contributed by atoms with Crippen molar-refractivity contribution in [3.63, 3.8) is 0 Å². The lowest BCUT2D eigenvalue weighted by molar-refractivity contribution is 0.00578. The van der Waals surface area contributed by atoms with Gasteiger partial charge in [0, 0.05) is 12.5 Å². The Balaban J connectivity index is 1.13. The van der Waals surface area contributed by atoms with Gasteiger partial charge in [0.2, 0.25) is 0 Å². The predicted molar refractivity (Wildman–Crippen MR) is 146 cm³/mol. The number of fused-ring (bicyclic) bond motifs is 3. The first-order chi connectivity index (χ1) is 18.1. The van der Waals surface area contributed by atoms with Gasteiger partial charge in [-0.3, -0.25) is 0 Å². The fourth-order valence-corrected chi connectivity index (χ4v) is 5.00. The molecule has 1 heterocycles. The Morgan fingerprint density at radius 2 is 1.42 bits per heavy atom. The van der Waals surface area contributed by atoms with E-state index in [2.05, 4.69) is 29.6 Å². The van der Waals surface area contributed by atoms with Crippen LogP contribution in [0.2, 0.25) is 0 Å². The SMILES string of the molecule is CC1(C)OB(c2ccc(C(O)C(O)CNC(=O)OCC3c4ccccc4-c4ccccc43)cc2)OC1(C)C. The maximum Gasteiger partial charge on any atom is 0.494 e. The van der Waals surface area contributed by atoms with E-state index in [4.69, 9.17) is 14.0 Å². The van der Waals surface area contributed by atoms with Gasteiger partial charge in [-0.2, -0.15) is 0 Å². The van der Waals surface area contributed by atoms with Gasteiger partial charge in [-0.05, 0) is 61.0 Å². The zero-order chi connectivity index (χ0) is 27.1. The fourth-order valence-electron chi connectivity index (χ4n) is 5.00. The van der Waals surface area contributed by atoms with Gasteiger partial charge in [0.1, 0.15) is 18.8 Å². The second-order valence-electron chi connectivity index (χ2n) is 11.0. The van der Waals surface area contributed by atoms with E-state index in [1.807, 2.05) is 64.1 Å². The molecule has 2 unspecified atom stereocenters. The topological polar surface area (TPSA) is 97.2 Å². The van der Waals surface area contributed by atoms with Crippen molar-refractivity contribution in [3.05, 3.63) is 89.5 Å². The number of hydrogen-bond acceptors (Lipinski definition) is 6. The predicted octanol–water partition coefficient (Wildman–Crippen LogP) is 3.92. The summed E-state index contributed by atoms with van der Waals surface area (Å²) in [6.45, 7) is 7.99. The van der Waals surface area contributed by atoms with E-state index in [9.17, 15) is 15.0 Å². The lowest BCUT2D eigenvalue weighted by Crippen LogP contribution is -2.41. The minimum absolute atomic E-state index is 0.0499. The molecule has 0 saturated carbocycles. The summed E-state index contributed by atoms with van der Waals surface area (Å²) in [5.41, 5.74) is 5.01. The quantitative estimate of drug-likeness (QED) is 0.413. The maximum atomic E-state index is 12.4. The fraction of sp³-hybridized carbons (Fsp3) is 0.367. The van der Waals surface area contributed by atoms with Crippen molar-refractivity contribution >= 4 is 18.7 Å². The van der Waals surface area contributed by atoms with E-state index in [1.165, 1.54) is 0 Å². The van der Waals surface area contributed by atoms with Crippen LogP contribution < -0.4 is 10.8 Å². The lowest BCUT2D eigenvalue weighted by Gasteiger charge is -2.32. The van der Waals surface area contributed by atoms with Gasteiger partial charge in [0.15, 0.2) is 0 Å². The molecule has 0 radical (unpaired) electrons. The van der Waals surface area contributed by atoms with Crippen LogP contribution in [-0.4, -0.2) is 53.9 Å². The second-order valence-corrected chi connectivity index (χ2v) is 11.0. The van der Waals surface area contributed by atoms with Crippen molar-refractivity contribution in [3.8, 4) is 11.1 Å². The smallest absolute Gasteiger partial charge is 0.449 e. The first-order valence-electron chi connectivity index (χ1n) is 13.0. The molecule has 1 aliphatic carbocycles. The van der Waals surface area contributed by atoms with Gasteiger partial charge in [-0.25, -0.2) is 4.79 Å². The molecule has 0 aromatic heterocycles. The average molecular weight is 515 g/mol. The summed E-state index contributed by atoms with van der Waals surface area (Å²) in [5.74, 6) is -0.0499. The van der Waals surface area contributed by atoms with E-state index in [1.54, 1.807) is 12.1 Å². The Hall–Kier alpha value is -3.17. The van der Waals surface area contributed by atoms with Crippen molar-refractivity contribution in [2.45, 2.75) is 57.0 Å². The van der Waals surface area contributed by atoms with Gasteiger partial charge in [0.25, 0.3) is 0 Å². The third-order valence-corrected chi connectivity index (χ3v) is 7.97. The number of aliphatic hydroxyl groups is 2. The molecule has 2 aliphatic rings. The zero-order valence-corrected chi connectivity index (χ0v) is 22.2. The molecule has 1 amide bonds. The van der Waals surface area contributed by atoms with E-state index >= 15 is 0 Å². The molecule has 1 aliphatic heterocycles. The molecule has 3 N–H and O–H groups in total. The number of nitrogens with one attached hydrogen (secondary N) is 1. The number of rotatable bonds is 7. The number of amides is 1. The molecule has 7 nitrogen and oxygen atoms in total. The Morgan fingerprint density at radius 1 is 0.895 bits per heavy atom. The Kier molecular flexibility index (Phi) is 7.09. The van der Waals surface area contributed by atoms with Gasteiger partial charge in [0.05, 0.1) is 11.2 Å². The highest BCUT2D eigenvalue weighted by molar-refractivity contribution is 6.62. The molecule has 8 heteroatoms.